The Bertz CT molecular complexity index is 1060. The van der Waals surface area contributed by atoms with Crippen molar-refractivity contribution in [3.8, 4) is 11.4 Å². The number of aromatic nitrogens is 1. The van der Waals surface area contributed by atoms with Crippen LogP contribution in [0, 0.1) is 27.7 Å². The summed E-state index contributed by atoms with van der Waals surface area (Å²) in [7, 11) is 0. The van der Waals surface area contributed by atoms with Crippen molar-refractivity contribution in [3.05, 3.63) is 82.2 Å². The molecule has 1 aromatic heterocycles. The number of hydrazone groups is 1. The van der Waals surface area contributed by atoms with E-state index in [0.29, 0.717) is 13.0 Å². The lowest BCUT2D eigenvalue weighted by atomic mass is 10.0. The van der Waals surface area contributed by atoms with E-state index in [0.717, 1.165) is 39.5 Å². The topological polar surface area (TPSA) is 55.6 Å². The number of carbonyl (C=O) groups excluding carboxylic acids is 1. The third-order valence-electron chi connectivity index (χ3n) is 5.12. The van der Waals surface area contributed by atoms with Crippen molar-refractivity contribution in [1.29, 1.82) is 0 Å². The molecule has 0 saturated heterocycles. The van der Waals surface area contributed by atoms with Crippen molar-refractivity contribution in [3.63, 3.8) is 0 Å². The summed E-state index contributed by atoms with van der Waals surface area (Å²) in [5.41, 5.74) is 10.2. The zero-order valence-electron chi connectivity index (χ0n) is 18.3. The van der Waals surface area contributed by atoms with Crippen molar-refractivity contribution >= 4 is 12.1 Å². The second-order valence-corrected chi connectivity index (χ2v) is 7.49. The maximum absolute atomic E-state index is 12.3. The highest BCUT2D eigenvalue weighted by Crippen LogP contribution is 2.22. The summed E-state index contributed by atoms with van der Waals surface area (Å²) in [6.45, 7) is 10.8. The van der Waals surface area contributed by atoms with Gasteiger partial charge in [0.05, 0.1) is 19.2 Å². The van der Waals surface area contributed by atoms with E-state index in [9.17, 15) is 4.79 Å². The van der Waals surface area contributed by atoms with Crippen molar-refractivity contribution in [2.24, 2.45) is 5.10 Å². The first-order valence-electron chi connectivity index (χ1n) is 10.2. The lowest BCUT2D eigenvalue weighted by Crippen LogP contribution is -2.20. The van der Waals surface area contributed by atoms with E-state index in [1.807, 2.05) is 64.1 Å². The normalized spacial score (nSPS) is 11.1. The summed E-state index contributed by atoms with van der Waals surface area (Å²) < 4.78 is 7.68. The fourth-order valence-corrected chi connectivity index (χ4v) is 3.60. The van der Waals surface area contributed by atoms with E-state index < -0.39 is 0 Å². The number of rotatable bonds is 7. The molecule has 0 atom stereocenters. The van der Waals surface area contributed by atoms with Crippen LogP contribution in [0.25, 0.3) is 5.69 Å². The molecule has 1 amide bonds. The summed E-state index contributed by atoms with van der Waals surface area (Å²) in [5, 5.41) is 4.17. The van der Waals surface area contributed by atoms with E-state index in [1.54, 1.807) is 6.21 Å². The minimum absolute atomic E-state index is 0.126. The zero-order valence-corrected chi connectivity index (χ0v) is 18.3. The first-order valence-corrected chi connectivity index (χ1v) is 10.2. The van der Waals surface area contributed by atoms with E-state index in [2.05, 4.69) is 34.2 Å². The predicted molar refractivity (Wildman–Crippen MR) is 122 cm³/mol. The molecule has 0 unspecified atom stereocenters. The maximum atomic E-state index is 12.3. The highest BCUT2D eigenvalue weighted by atomic mass is 16.5. The molecule has 5 nitrogen and oxygen atoms in total. The molecular weight excluding hydrogens is 374 g/mol. The van der Waals surface area contributed by atoms with Gasteiger partial charge in [0.1, 0.15) is 5.75 Å². The van der Waals surface area contributed by atoms with Gasteiger partial charge in [-0.2, -0.15) is 5.10 Å². The van der Waals surface area contributed by atoms with Gasteiger partial charge in [-0.3, -0.25) is 4.79 Å². The van der Waals surface area contributed by atoms with Crippen LogP contribution in [0.2, 0.25) is 0 Å². The monoisotopic (exact) mass is 403 g/mol. The summed E-state index contributed by atoms with van der Waals surface area (Å²) in [6.07, 6.45) is 2.02. The molecule has 0 radical (unpaired) electrons. The van der Waals surface area contributed by atoms with Gasteiger partial charge < -0.3 is 9.30 Å². The molecule has 3 rings (SSSR count). The second-order valence-electron chi connectivity index (χ2n) is 7.49. The molecule has 2 aromatic carbocycles. The zero-order chi connectivity index (χ0) is 21.7. The van der Waals surface area contributed by atoms with Gasteiger partial charge >= 0.3 is 0 Å². The van der Waals surface area contributed by atoms with Gasteiger partial charge in [0.2, 0.25) is 5.91 Å². The Kier molecular flexibility index (Phi) is 6.72. The molecule has 1 N–H and O–H groups in total. The van der Waals surface area contributed by atoms with Crippen LogP contribution in [0.1, 0.15) is 40.6 Å². The van der Waals surface area contributed by atoms with Gasteiger partial charge in [0.25, 0.3) is 0 Å². The highest BCUT2D eigenvalue weighted by Gasteiger charge is 2.10. The summed E-state index contributed by atoms with van der Waals surface area (Å²) in [6, 6.07) is 16.2. The summed E-state index contributed by atoms with van der Waals surface area (Å²) in [5.74, 6) is 0.732. The van der Waals surface area contributed by atoms with Crippen molar-refractivity contribution in [2.75, 3.05) is 6.61 Å². The molecule has 0 aliphatic rings. The molecule has 5 heteroatoms. The average Bonchev–Trinajstić information content (AvgIpc) is 2.98. The lowest BCUT2D eigenvalue weighted by molar-refractivity contribution is -0.120. The molecule has 0 spiro atoms. The van der Waals surface area contributed by atoms with Gasteiger partial charge in [-0.05, 0) is 76.1 Å². The number of carbonyl (C=O) groups is 1. The standard InChI is InChI=1S/C25H29N3O2/c1-6-30-24-11-9-23(10-12-24)28-19(4)14-22(20(28)5)16-26-27-25(29)15-21-8-7-17(2)13-18(21)3/h7-14,16H,6,15H2,1-5H3,(H,27,29)/b26-16+. The van der Waals surface area contributed by atoms with Crippen LogP contribution < -0.4 is 10.2 Å². The Labute approximate surface area is 178 Å². The van der Waals surface area contributed by atoms with E-state index in [-0.39, 0.29) is 5.91 Å². The third-order valence-corrected chi connectivity index (χ3v) is 5.12. The smallest absolute Gasteiger partial charge is 0.244 e. The molecule has 0 bridgehead atoms. The van der Waals surface area contributed by atoms with Crippen LogP contribution in [0.3, 0.4) is 0 Å². The van der Waals surface area contributed by atoms with E-state index >= 15 is 0 Å². The summed E-state index contributed by atoms with van der Waals surface area (Å²) in [4.78, 5) is 12.3. The average molecular weight is 404 g/mol. The molecule has 3 aromatic rings. The number of benzene rings is 2. The first-order chi connectivity index (χ1) is 14.4. The van der Waals surface area contributed by atoms with Crippen molar-refractivity contribution in [1.82, 2.24) is 9.99 Å². The van der Waals surface area contributed by atoms with Crippen LogP contribution in [0.15, 0.2) is 53.6 Å². The predicted octanol–water partition coefficient (Wildman–Crippen LogP) is 4.80. The van der Waals surface area contributed by atoms with Crippen molar-refractivity contribution < 1.29 is 9.53 Å². The molecule has 0 aliphatic heterocycles. The van der Waals surface area contributed by atoms with Crippen LogP contribution in [-0.4, -0.2) is 23.3 Å². The van der Waals surface area contributed by atoms with Crippen LogP contribution in [-0.2, 0) is 11.2 Å². The van der Waals surface area contributed by atoms with E-state index in [1.165, 1.54) is 5.56 Å². The second kappa shape index (κ2) is 9.44. The number of aryl methyl sites for hydroxylation is 3. The fourth-order valence-electron chi connectivity index (χ4n) is 3.60. The molecule has 0 saturated carbocycles. The SMILES string of the molecule is CCOc1ccc(-n2c(C)cc(/C=N/NC(=O)Cc3ccc(C)cc3C)c2C)cc1. The number of hydrogen-bond acceptors (Lipinski definition) is 3. The fraction of sp³-hybridized carbons (Fsp3) is 0.280. The lowest BCUT2D eigenvalue weighted by Gasteiger charge is -2.11. The van der Waals surface area contributed by atoms with Crippen LogP contribution >= 0.6 is 0 Å². The molecule has 156 valence electrons. The molecule has 1 heterocycles. The van der Waals surface area contributed by atoms with Gasteiger partial charge in [0.15, 0.2) is 0 Å². The van der Waals surface area contributed by atoms with Crippen LogP contribution in [0.5, 0.6) is 5.75 Å². The minimum atomic E-state index is -0.126. The molecular formula is C25H29N3O2. The third kappa shape index (κ3) is 4.98. The number of ether oxygens (including phenoxy) is 1. The minimum Gasteiger partial charge on any atom is -0.494 e. The first kappa shape index (κ1) is 21.4. The largest absolute Gasteiger partial charge is 0.494 e. The number of amides is 1. The summed E-state index contributed by atoms with van der Waals surface area (Å²) >= 11 is 0. The van der Waals surface area contributed by atoms with Crippen LogP contribution in [0.4, 0.5) is 0 Å². The quantitative estimate of drug-likeness (QED) is 0.455. The number of hydrogen-bond donors (Lipinski definition) is 1. The Balaban J connectivity index is 1.69. The van der Waals surface area contributed by atoms with Gasteiger partial charge in [-0.1, -0.05) is 23.8 Å². The van der Waals surface area contributed by atoms with Gasteiger partial charge in [0, 0.05) is 22.6 Å². The molecule has 0 aliphatic carbocycles. The van der Waals surface area contributed by atoms with Crippen molar-refractivity contribution in [2.45, 2.75) is 41.0 Å². The molecule has 30 heavy (non-hydrogen) atoms. The number of nitrogens with one attached hydrogen (secondary N) is 1. The van der Waals surface area contributed by atoms with Gasteiger partial charge in [-0.15, -0.1) is 0 Å². The Morgan fingerprint density at radius 3 is 2.47 bits per heavy atom. The Hall–Kier alpha value is -3.34. The highest BCUT2D eigenvalue weighted by molar-refractivity contribution is 5.85. The molecule has 0 fully saturated rings. The van der Waals surface area contributed by atoms with E-state index in [4.69, 9.17) is 4.74 Å². The Morgan fingerprint density at radius 2 is 1.80 bits per heavy atom. The number of nitrogens with zero attached hydrogens (tertiary/aromatic N) is 2. The maximum Gasteiger partial charge on any atom is 0.244 e. The van der Waals surface area contributed by atoms with Gasteiger partial charge in [-0.25, -0.2) is 5.43 Å². The Morgan fingerprint density at radius 1 is 1.07 bits per heavy atom.